The van der Waals surface area contributed by atoms with Crippen molar-refractivity contribution in [1.82, 2.24) is 10.2 Å². The zero-order valence-corrected chi connectivity index (χ0v) is 11.7. The Labute approximate surface area is 114 Å². The van der Waals surface area contributed by atoms with Gasteiger partial charge in [-0.05, 0) is 32.9 Å². The highest BCUT2D eigenvalue weighted by atomic mass is 16.5. The van der Waals surface area contributed by atoms with Gasteiger partial charge in [-0.15, -0.1) is 0 Å². The minimum absolute atomic E-state index is 0.0942. The van der Waals surface area contributed by atoms with Crippen LogP contribution in [0.2, 0.25) is 0 Å². The van der Waals surface area contributed by atoms with Gasteiger partial charge in [0.2, 0.25) is 0 Å². The highest BCUT2D eigenvalue weighted by molar-refractivity contribution is 5.81. The van der Waals surface area contributed by atoms with Crippen LogP contribution in [0.1, 0.15) is 25.3 Å². The lowest BCUT2D eigenvalue weighted by atomic mass is 10.2. The van der Waals surface area contributed by atoms with Crippen LogP contribution in [-0.4, -0.2) is 37.0 Å². The van der Waals surface area contributed by atoms with Crippen LogP contribution in [0.4, 0.5) is 0 Å². The van der Waals surface area contributed by atoms with Gasteiger partial charge < -0.3 is 15.0 Å². The van der Waals surface area contributed by atoms with E-state index in [1.165, 1.54) is 0 Å². The zero-order valence-electron chi connectivity index (χ0n) is 11.7. The fraction of sp³-hybridized carbons (Fsp3) is 0.533. The summed E-state index contributed by atoms with van der Waals surface area (Å²) in [5, 5.41) is 3.11. The molecule has 0 radical (unpaired) electrons. The topological polar surface area (TPSA) is 41.6 Å². The molecule has 0 aromatic heterocycles. The van der Waals surface area contributed by atoms with Gasteiger partial charge >= 0.3 is 0 Å². The van der Waals surface area contributed by atoms with Crippen molar-refractivity contribution >= 4 is 5.91 Å². The minimum Gasteiger partial charge on any atom is -0.481 e. The number of carbonyl (C=O) groups excluding carboxylic acids is 1. The Morgan fingerprint density at radius 1 is 1.37 bits per heavy atom. The molecule has 1 heterocycles. The maximum atomic E-state index is 12.2. The van der Waals surface area contributed by atoms with E-state index in [1.807, 2.05) is 43.1 Å². The van der Waals surface area contributed by atoms with E-state index in [2.05, 4.69) is 5.32 Å². The molecule has 1 aliphatic heterocycles. The molecule has 1 atom stereocenters. The Kier molecular flexibility index (Phi) is 4.80. The molecular weight excluding hydrogens is 240 g/mol. The Morgan fingerprint density at radius 3 is 2.74 bits per heavy atom. The third kappa shape index (κ3) is 3.47. The summed E-state index contributed by atoms with van der Waals surface area (Å²) in [6, 6.07) is 7.84. The average molecular weight is 262 g/mol. The molecule has 1 unspecified atom stereocenters. The number of rotatable bonds is 5. The predicted octanol–water partition coefficient (Wildman–Crippen LogP) is 1.80. The van der Waals surface area contributed by atoms with E-state index in [9.17, 15) is 4.79 Å². The first-order chi connectivity index (χ1) is 9.22. The molecule has 0 saturated carbocycles. The summed E-state index contributed by atoms with van der Waals surface area (Å²) in [4.78, 5) is 14.1. The molecule has 1 amide bonds. The molecule has 1 aliphatic rings. The third-order valence-electron chi connectivity index (χ3n) is 3.41. The monoisotopic (exact) mass is 262 g/mol. The summed E-state index contributed by atoms with van der Waals surface area (Å²) < 4.78 is 5.84. The van der Waals surface area contributed by atoms with Gasteiger partial charge in [-0.1, -0.05) is 18.2 Å². The fourth-order valence-electron chi connectivity index (χ4n) is 2.39. The van der Waals surface area contributed by atoms with Crippen molar-refractivity contribution in [3.63, 3.8) is 0 Å². The van der Waals surface area contributed by atoms with Crippen LogP contribution in [0.25, 0.3) is 0 Å². The van der Waals surface area contributed by atoms with Crippen molar-refractivity contribution in [2.24, 2.45) is 0 Å². The Morgan fingerprint density at radius 2 is 2.05 bits per heavy atom. The van der Waals surface area contributed by atoms with E-state index in [1.54, 1.807) is 0 Å². The van der Waals surface area contributed by atoms with Crippen molar-refractivity contribution in [1.29, 1.82) is 0 Å². The molecule has 1 fully saturated rings. The summed E-state index contributed by atoms with van der Waals surface area (Å²) in [7, 11) is 1.90. The molecule has 1 aromatic rings. The molecule has 104 valence electrons. The number of ether oxygens (including phenoxy) is 1. The fourth-order valence-corrected chi connectivity index (χ4v) is 2.39. The lowest BCUT2D eigenvalue weighted by Crippen LogP contribution is -2.38. The number of benzene rings is 1. The lowest BCUT2D eigenvalue weighted by molar-refractivity contribution is -0.136. The minimum atomic E-state index is -0.420. The molecule has 19 heavy (non-hydrogen) atoms. The number of nitrogens with zero attached hydrogens (tertiary/aromatic N) is 1. The summed E-state index contributed by atoms with van der Waals surface area (Å²) in [6.07, 6.45) is 1.79. The zero-order chi connectivity index (χ0) is 13.7. The van der Waals surface area contributed by atoms with Crippen molar-refractivity contribution in [2.75, 3.05) is 20.1 Å². The summed E-state index contributed by atoms with van der Waals surface area (Å²) >= 11 is 0. The van der Waals surface area contributed by atoms with E-state index in [0.717, 1.165) is 43.8 Å². The van der Waals surface area contributed by atoms with Crippen LogP contribution in [0.15, 0.2) is 24.3 Å². The number of hydrogen-bond donors (Lipinski definition) is 1. The van der Waals surface area contributed by atoms with E-state index in [-0.39, 0.29) is 5.91 Å². The van der Waals surface area contributed by atoms with Gasteiger partial charge in [0.25, 0.3) is 5.91 Å². The first-order valence-corrected chi connectivity index (χ1v) is 6.90. The largest absolute Gasteiger partial charge is 0.481 e. The van der Waals surface area contributed by atoms with E-state index < -0.39 is 6.10 Å². The van der Waals surface area contributed by atoms with Gasteiger partial charge in [0.1, 0.15) is 5.75 Å². The quantitative estimate of drug-likeness (QED) is 0.879. The Hall–Kier alpha value is -1.55. The maximum Gasteiger partial charge on any atom is 0.263 e. The third-order valence-corrected chi connectivity index (χ3v) is 3.41. The van der Waals surface area contributed by atoms with E-state index in [0.29, 0.717) is 0 Å². The predicted molar refractivity (Wildman–Crippen MR) is 75.1 cm³/mol. The van der Waals surface area contributed by atoms with Gasteiger partial charge in [-0.3, -0.25) is 4.79 Å². The second kappa shape index (κ2) is 6.57. The Bertz CT molecular complexity index is 428. The molecule has 0 aliphatic carbocycles. The van der Waals surface area contributed by atoms with Gasteiger partial charge in [-0.25, -0.2) is 0 Å². The normalized spacial score (nSPS) is 16.4. The molecule has 4 heteroatoms. The second-order valence-electron chi connectivity index (χ2n) is 4.93. The molecule has 1 N–H and O–H groups in total. The number of para-hydroxylation sites is 1. The van der Waals surface area contributed by atoms with Crippen LogP contribution in [-0.2, 0) is 11.3 Å². The summed E-state index contributed by atoms with van der Waals surface area (Å²) in [6.45, 7) is 4.30. The van der Waals surface area contributed by atoms with Crippen LogP contribution in [0.3, 0.4) is 0 Å². The van der Waals surface area contributed by atoms with Gasteiger partial charge in [0, 0.05) is 25.2 Å². The Balaban J connectivity index is 2.01. The number of hydrogen-bond acceptors (Lipinski definition) is 3. The van der Waals surface area contributed by atoms with E-state index >= 15 is 0 Å². The lowest BCUT2D eigenvalue weighted by Gasteiger charge is -2.22. The number of nitrogens with one attached hydrogen (secondary N) is 1. The maximum absolute atomic E-state index is 12.2. The highest BCUT2D eigenvalue weighted by Gasteiger charge is 2.24. The average Bonchev–Trinajstić information content (AvgIpc) is 2.94. The molecule has 1 aromatic carbocycles. The van der Waals surface area contributed by atoms with Crippen molar-refractivity contribution in [2.45, 2.75) is 32.4 Å². The van der Waals surface area contributed by atoms with Gasteiger partial charge in [0.05, 0.1) is 0 Å². The second-order valence-corrected chi connectivity index (χ2v) is 4.93. The smallest absolute Gasteiger partial charge is 0.263 e. The molecule has 4 nitrogen and oxygen atoms in total. The van der Waals surface area contributed by atoms with Crippen molar-refractivity contribution < 1.29 is 9.53 Å². The first kappa shape index (κ1) is 13.9. The molecular formula is C15H22N2O2. The summed E-state index contributed by atoms with van der Waals surface area (Å²) in [5.74, 6) is 0.883. The molecule has 1 saturated heterocycles. The molecule has 0 spiro atoms. The van der Waals surface area contributed by atoms with Gasteiger partial charge in [0.15, 0.2) is 6.10 Å². The van der Waals surface area contributed by atoms with Crippen molar-refractivity contribution in [3.05, 3.63) is 29.8 Å². The first-order valence-electron chi connectivity index (χ1n) is 6.90. The van der Waals surface area contributed by atoms with Crippen LogP contribution >= 0.6 is 0 Å². The molecule has 0 bridgehead atoms. The van der Waals surface area contributed by atoms with Crippen LogP contribution in [0, 0.1) is 0 Å². The van der Waals surface area contributed by atoms with E-state index in [4.69, 9.17) is 4.74 Å². The standard InChI is InChI=1S/C15H22N2O2/c1-12(15(18)17-9-5-6-10-17)19-14-8-4-3-7-13(14)11-16-2/h3-4,7-8,12,16H,5-6,9-11H2,1-2H3. The van der Waals surface area contributed by atoms with Crippen LogP contribution in [0.5, 0.6) is 5.75 Å². The number of likely N-dealkylation sites (tertiary alicyclic amines) is 1. The van der Waals surface area contributed by atoms with Gasteiger partial charge in [-0.2, -0.15) is 0 Å². The molecule has 2 rings (SSSR count). The van der Waals surface area contributed by atoms with Crippen LogP contribution < -0.4 is 10.1 Å². The summed E-state index contributed by atoms with van der Waals surface area (Å²) in [5.41, 5.74) is 1.08. The highest BCUT2D eigenvalue weighted by Crippen LogP contribution is 2.20. The number of carbonyl (C=O) groups is 1. The number of amides is 1. The SMILES string of the molecule is CNCc1ccccc1OC(C)C(=O)N1CCCC1. The van der Waals surface area contributed by atoms with Crippen molar-refractivity contribution in [3.8, 4) is 5.75 Å².